The number of carbonyl (C=O) groups is 1. The molecule has 0 aliphatic heterocycles. The molecule has 0 aliphatic rings. The van der Waals surface area contributed by atoms with E-state index in [0.717, 1.165) is 28.7 Å². The number of aromatic nitrogens is 3. The molecule has 5 nitrogen and oxygen atoms in total. The summed E-state index contributed by atoms with van der Waals surface area (Å²) in [6.07, 6.45) is 2.63. The molecule has 5 heteroatoms. The standard InChI is InChI=1S/C15H16N4O/c1-2-7-16-15(20)10-4-3-5-12-11(10)9-14(18-12)13-6-8-17-19-13/h3-6,8-9,18H,2,7H2,1H3,(H,16,20)(H,17,19). The molecule has 0 fully saturated rings. The Labute approximate surface area is 116 Å². The summed E-state index contributed by atoms with van der Waals surface area (Å²) >= 11 is 0. The second kappa shape index (κ2) is 5.21. The van der Waals surface area contributed by atoms with E-state index in [1.54, 1.807) is 6.20 Å². The fraction of sp³-hybridized carbons (Fsp3) is 0.200. The van der Waals surface area contributed by atoms with Crippen LogP contribution in [0.4, 0.5) is 0 Å². The molecule has 2 heterocycles. The zero-order valence-corrected chi connectivity index (χ0v) is 11.2. The molecule has 1 aromatic carbocycles. The van der Waals surface area contributed by atoms with E-state index in [1.807, 2.05) is 37.3 Å². The molecule has 3 rings (SSSR count). The molecule has 0 unspecified atom stereocenters. The van der Waals surface area contributed by atoms with Gasteiger partial charge in [-0.2, -0.15) is 5.10 Å². The minimum atomic E-state index is -0.0346. The summed E-state index contributed by atoms with van der Waals surface area (Å²) in [4.78, 5) is 15.5. The van der Waals surface area contributed by atoms with E-state index >= 15 is 0 Å². The Bertz CT molecular complexity index is 728. The topological polar surface area (TPSA) is 73.6 Å². The van der Waals surface area contributed by atoms with Crippen molar-refractivity contribution >= 4 is 16.8 Å². The van der Waals surface area contributed by atoms with Crippen LogP contribution >= 0.6 is 0 Å². The Morgan fingerprint density at radius 3 is 2.95 bits per heavy atom. The van der Waals surface area contributed by atoms with Crippen LogP contribution in [-0.4, -0.2) is 27.6 Å². The first kappa shape index (κ1) is 12.5. The van der Waals surface area contributed by atoms with Crippen LogP contribution in [0.1, 0.15) is 23.7 Å². The van der Waals surface area contributed by atoms with Crippen molar-refractivity contribution in [2.24, 2.45) is 0 Å². The number of nitrogens with one attached hydrogen (secondary N) is 3. The van der Waals surface area contributed by atoms with Crippen molar-refractivity contribution < 1.29 is 4.79 Å². The van der Waals surface area contributed by atoms with Crippen LogP contribution in [0.2, 0.25) is 0 Å². The second-order valence-electron chi connectivity index (χ2n) is 4.68. The number of carbonyl (C=O) groups excluding carboxylic acids is 1. The minimum Gasteiger partial charge on any atom is -0.353 e. The predicted molar refractivity (Wildman–Crippen MR) is 78.5 cm³/mol. The summed E-state index contributed by atoms with van der Waals surface area (Å²) < 4.78 is 0. The fourth-order valence-corrected chi connectivity index (χ4v) is 2.24. The van der Waals surface area contributed by atoms with E-state index in [4.69, 9.17) is 0 Å². The van der Waals surface area contributed by atoms with Crippen molar-refractivity contribution in [2.75, 3.05) is 6.54 Å². The van der Waals surface area contributed by atoms with Gasteiger partial charge in [-0.3, -0.25) is 9.89 Å². The SMILES string of the molecule is CCCNC(=O)c1cccc2[nH]c(-c3ccn[nH]3)cc12. The molecule has 0 saturated heterocycles. The third-order valence-corrected chi connectivity index (χ3v) is 3.24. The van der Waals surface area contributed by atoms with Gasteiger partial charge in [-0.1, -0.05) is 13.0 Å². The first-order chi connectivity index (χ1) is 9.79. The van der Waals surface area contributed by atoms with Gasteiger partial charge in [-0.25, -0.2) is 0 Å². The highest BCUT2D eigenvalue weighted by molar-refractivity contribution is 6.07. The monoisotopic (exact) mass is 268 g/mol. The number of hydrogen-bond acceptors (Lipinski definition) is 2. The molecule has 0 aliphatic carbocycles. The van der Waals surface area contributed by atoms with Crippen LogP contribution in [0.25, 0.3) is 22.3 Å². The third kappa shape index (κ3) is 2.18. The molecule has 20 heavy (non-hydrogen) atoms. The molecule has 3 N–H and O–H groups in total. The molecule has 0 spiro atoms. The van der Waals surface area contributed by atoms with Gasteiger partial charge in [0.25, 0.3) is 5.91 Å². The van der Waals surface area contributed by atoms with Crippen molar-refractivity contribution in [1.29, 1.82) is 0 Å². The van der Waals surface area contributed by atoms with E-state index in [1.165, 1.54) is 0 Å². The van der Waals surface area contributed by atoms with Crippen LogP contribution in [-0.2, 0) is 0 Å². The number of rotatable bonds is 4. The summed E-state index contributed by atoms with van der Waals surface area (Å²) in [5.74, 6) is -0.0346. The third-order valence-electron chi connectivity index (χ3n) is 3.24. The van der Waals surface area contributed by atoms with Crippen LogP contribution in [0, 0.1) is 0 Å². The van der Waals surface area contributed by atoms with Crippen LogP contribution in [0.3, 0.4) is 0 Å². The lowest BCUT2D eigenvalue weighted by Gasteiger charge is -2.04. The summed E-state index contributed by atoms with van der Waals surface area (Å²) in [5.41, 5.74) is 3.46. The lowest BCUT2D eigenvalue weighted by atomic mass is 10.1. The maximum absolute atomic E-state index is 12.2. The number of H-pyrrole nitrogens is 2. The van der Waals surface area contributed by atoms with Gasteiger partial charge >= 0.3 is 0 Å². The molecule has 0 atom stereocenters. The smallest absolute Gasteiger partial charge is 0.251 e. The maximum atomic E-state index is 12.2. The van der Waals surface area contributed by atoms with Gasteiger partial charge in [-0.15, -0.1) is 0 Å². The van der Waals surface area contributed by atoms with Gasteiger partial charge < -0.3 is 10.3 Å². The van der Waals surface area contributed by atoms with Crippen molar-refractivity contribution in [3.05, 3.63) is 42.1 Å². The molecular formula is C15H16N4O. The second-order valence-corrected chi connectivity index (χ2v) is 4.68. The van der Waals surface area contributed by atoms with Crippen molar-refractivity contribution in [3.63, 3.8) is 0 Å². The lowest BCUT2D eigenvalue weighted by molar-refractivity contribution is 0.0955. The largest absolute Gasteiger partial charge is 0.353 e. The fourth-order valence-electron chi connectivity index (χ4n) is 2.24. The molecule has 0 radical (unpaired) electrons. The van der Waals surface area contributed by atoms with E-state index in [2.05, 4.69) is 20.5 Å². The molecule has 0 bridgehead atoms. The highest BCUT2D eigenvalue weighted by atomic mass is 16.1. The van der Waals surface area contributed by atoms with Gasteiger partial charge in [0.05, 0.1) is 11.4 Å². The number of fused-ring (bicyclic) bond motifs is 1. The van der Waals surface area contributed by atoms with E-state index in [0.29, 0.717) is 12.1 Å². The Morgan fingerprint density at radius 2 is 2.20 bits per heavy atom. The molecule has 0 saturated carbocycles. The maximum Gasteiger partial charge on any atom is 0.251 e. The van der Waals surface area contributed by atoms with E-state index in [-0.39, 0.29) is 5.91 Å². The Hall–Kier alpha value is -2.56. The van der Waals surface area contributed by atoms with Gasteiger partial charge in [0.2, 0.25) is 0 Å². The van der Waals surface area contributed by atoms with Crippen LogP contribution in [0.15, 0.2) is 36.5 Å². The van der Waals surface area contributed by atoms with Gasteiger partial charge in [0.1, 0.15) is 0 Å². The Balaban J connectivity index is 2.03. The Kier molecular flexibility index (Phi) is 3.25. The molecule has 3 aromatic rings. The van der Waals surface area contributed by atoms with Crippen LogP contribution < -0.4 is 5.32 Å². The minimum absolute atomic E-state index is 0.0346. The first-order valence-corrected chi connectivity index (χ1v) is 6.69. The van der Waals surface area contributed by atoms with Crippen LogP contribution in [0.5, 0.6) is 0 Å². The lowest BCUT2D eigenvalue weighted by Crippen LogP contribution is -2.24. The Morgan fingerprint density at radius 1 is 1.30 bits per heavy atom. The number of hydrogen-bond donors (Lipinski definition) is 3. The number of benzene rings is 1. The highest BCUT2D eigenvalue weighted by Crippen LogP contribution is 2.25. The quantitative estimate of drug-likeness (QED) is 0.680. The normalized spacial score (nSPS) is 10.8. The van der Waals surface area contributed by atoms with Gasteiger partial charge in [0, 0.05) is 29.2 Å². The highest BCUT2D eigenvalue weighted by Gasteiger charge is 2.12. The van der Waals surface area contributed by atoms with Crippen molar-refractivity contribution in [3.8, 4) is 11.4 Å². The molecule has 2 aromatic heterocycles. The first-order valence-electron chi connectivity index (χ1n) is 6.69. The summed E-state index contributed by atoms with van der Waals surface area (Å²) in [6.45, 7) is 2.72. The molecule has 1 amide bonds. The average Bonchev–Trinajstić information content (AvgIpc) is 3.11. The van der Waals surface area contributed by atoms with Crippen molar-refractivity contribution in [1.82, 2.24) is 20.5 Å². The van der Waals surface area contributed by atoms with E-state index < -0.39 is 0 Å². The number of nitrogens with zero attached hydrogens (tertiary/aromatic N) is 1. The zero-order valence-electron chi connectivity index (χ0n) is 11.2. The number of amides is 1. The predicted octanol–water partition coefficient (Wildman–Crippen LogP) is 2.70. The molecule has 102 valence electrons. The zero-order chi connectivity index (χ0) is 13.9. The van der Waals surface area contributed by atoms with E-state index in [9.17, 15) is 4.79 Å². The van der Waals surface area contributed by atoms with Crippen molar-refractivity contribution in [2.45, 2.75) is 13.3 Å². The molecular weight excluding hydrogens is 252 g/mol. The summed E-state index contributed by atoms with van der Waals surface area (Å²) in [5, 5.41) is 10.7. The summed E-state index contributed by atoms with van der Waals surface area (Å²) in [6, 6.07) is 9.56. The van der Waals surface area contributed by atoms with Gasteiger partial charge in [0.15, 0.2) is 0 Å². The number of aromatic amines is 2. The summed E-state index contributed by atoms with van der Waals surface area (Å²) in [7, 11) is 0. The average molecular weight is 268 g/mol. The van der Waals surface area contributed by atoms with Gasteiger partial charge in [-0.05, 0) is 30.7 Å².